The first-order valence-corrected chi connectivity index (χ1v) is 9.51. The van der Waals surface area contributed by atoms with Gasteiger partial charge >= 0.3 is 5.97 Å². The fourth-order valence-electron chi connectivity index (χ4n) is 2.40. The number of carbonyl (C=O) groups is 1. The van der Waals surface area contributed by atoms with E-state index < -0.39 is 15.0 Å². The molecule has 0 unspecified atom stereocenters. The maximum Gasteiger partial charge on any atom is 0.338 e. The van der Waals surface area contributed by atoms with Crippen molar-refractivity contribution in [1.82, 2.24) is 0 Å². The molecule has 1 saturated carbocycles. The summed E-state index contributed by atoms with van der Waals surface area (Å²) in [6, 6.07) is 3.77. The Bertz CT molecular complexity index is 620. The maximum absolute atomic E-state index is 12.1. The lowest BCUT2D eigenvalue weighted by Gasteiger charge is -2.15. The van der Waals surface area contributed by atoms with Crippen LogP contribution in [0.5, 0.6) is 0 Å². The van der Waals surface area contributed by atoms with Gasteiger partial charge in [0.15, 0.2) is 0 Å². The van der Waals surface area contributed by atoms with Crippen LogP contribution in [0.2, 0.25) is 5.02 Å². The monoisotopic (exact) mass is 350 g/mol. The molecular formula is C14H16Cl2O4S. The van der Waals surface area contributed by atoms with E-state index in [2.05, 4.69) is 0 Å². The highest BCUT2D eigenvalue weighted by Crippen LogP contribution is 2.25. The number of rotatable bonds is 3. The summed E-state index contributed by atoms with van der Waals surface area (Å²) < 4.78 is 28.1. The Hall–Kier alpha value is -0.780. The number of carbonyl (C=O) groups excluding carboxylic acids is 1. The average molecular weight is 351 g/mol. The van der Waals surface area contributed by atoms with E-state index >= 15 is 0 Å². The van der Waals surface area contributed by atoms with Crippen LogP contribution in [-0.2, 0) is 13.8 Å². The van der Waals surface area contributed by atoms with Gasteiger partial charge in [-0.05, 0) is 43.9 Å². The number of ether oxygens (including phenoxy) is 1. The number of halogens is 2. The molecule has 0 aromatic heterocycles. The maximum atomic E-state index is 12.1. The van der Waals surface area contributed by atoms with Gasteiger partial charge in [0.25, 0.3) is 9.05 Å². The van der Waals surface area contributed by atoms with Crippen molar-refractivity contribution in [2.24, 2.45) is 0 Å². The molecule has 0 saturated heterocycles. The molecule has 0 radical (unpaired) electrons. The van der Waals surface area contributed by atoms with Crippen LogP contribution in [0.4, 0.5) is 0 Å². The van der Waals surface area contributed by atoms with Crippen molar-refractivity contribution in [2.45, 2.75) is 49.5 Å². The Morgan fingerprint density at radius 2 is 1.71 bits per heavy atom. The summed E-state index contributed by atoms with van der Waals surface area (Å²) >= 11 is 5.84. The molecule has 1 aliphatic rings. The average Bonchev–Trinajstić information content (AvgIpc) is 2.65. The molecule has 0 atom stereocenters. The van der Waals surface area contributed by atoms with Gasteiger partial charge in [-0.1, -0.05) is 24.4 Å². The topological polar surface area (TPSA) is 60.4 Å². The zero-order chi connectivity index (χ0) is 15.5. The van der Waals surface area contributed by atoms with Crippen LogP contribution in [-0.4, -0.2) is 20.5 Å². The lowest BCUT2D eigenvalue weighted by Crippen LogP contribution is -2.17. The fourth-order valence-corrected chi connectivity index (χ4v) is 3.50. The SMILES string of the molecule is O=C(OC1CCCCCC1)c1cc(Cl)cc(S(=O)(=O)Cl)c1. The Morgan fingerprint density at radius 1 is 1.10 bits per heavy atom. The van der Waals surface area contributed by atoms with E-state index in [0.717, 1.165) is 38.5 Å². The largest absolute Gasteiger partial charge is 0.459 e. The highest BCUT2D eigenvalue weighted by Gasteiger charge is 2.20. The second-order valence-electron chi connectivity index (χ2n) is 5.13. The van der Waals surface area contributed by atoms with Crippen molar-refractivity contribution < 1.29 is 17.9 Å². The summed E-state index contributed by atoms with van der Waals surface area (Å²) in [5.41, 5.74) is 0.103. The molecule has 1 aromatic rings. The minimum atomic E-state index is -3.94. The molecule has 7 heteroatoms. The molecule has 0 heterocycles. The smallest absolute Gasteiger partial charge is 0.338 e. The fraction of sp³-hybridized carbons (Fsp3) is 0.500. The van der Waals surface area contributed by atoms with Crippen molar-refractivity contribution in [3.05, 3.63) is 28.8 Å². The molecule has 4 nitrogen and oxygen atoms in total. The van der Waals surface area contributed by atoms with Crippen LogP contribution in [0.3, 0.4) is 0 Å². The van der Waals surface area contributed by atoms with Gasteiger partial charge in [0.2, 0.25) is 0 Å². The van der Waals surface area contributed by atoms with Crippen LogP contribution in [0.1, 0.15) is 48.9 Å². The van der Waals surface area contributed by atoms with Gasteiger partial charge in [-0.2, -0.15) is 0 Å². The molecular weight excluding hydrogens is 335 g/mol. The number of benzene rings is 1. The van der Waals surface area contributed by atoms with Crippen molar-refractivity contribution >= 4 is 37.3 Å². The van der Waals surface area contributed by atoms with E-state index in [9.17, 15) is 13.2 Å². The molecule has 0 bridgehead atoms. The van der Waals surface area contributed by atoms with Gasteiger partial charge in [0, 0.05) is 15.7 Å². The molecule has 0 N–H and O–H groups in total. The lowest BCUT2D eigenvalue weighted by atomic mass is 10.1. The standard InChI is InChI=1S/C14H16Cl2O4S/c15-11-7-10(8-13(9-11)21(16,18)19)14(17)20-12-5-3-1-2-4-6-12/h7-9,12H,1-6H2. The number of esters is 1. The second-order valence-corrected chi connectivity index (χ2v) is 8.13. The van der Waals surface area contributed by atoms with E-state index in [1.807, 2.05) is 0 Å². The first-order chi connectivity index (χ1) is 9.86. The third-order valence-corrected chi connectivity index (χ3v) is 5.02. The Balaban J connectivity index is 2.17. The summed E-state index contributed by atoms with van der Waals surface area (Å²) in [5, 5.41) is 0.129. The van der Waals surface area contributed by atoms with Crippen molar-refractivity contribution in [3.63, 3.8) is 0 Å². The van der Waals surface area contributed by atoms with Crippen LogP contribution < -0.4 is 0 Å². The Morgan fingerprint density at radius 3 is 2.29 bits per heavy atom. The van der Waals surface area contributed by atoms with Crippen molar-refractivity contribution in [1.29, 1.82) is 0 Å². The minimum Gasteiger partial charge on any atom is -0.459 e. The summed E-state index contributed by atoms with van der Waals surface area (Å²) in [6.07, 6.45) is 5.94. The number of hydrogen-bond donors (Lipinski definition) is 0. The van der Waals surface area contributed by atoms with Gasteiger partial charge in [0.1, 0.15) is 6.10 Å². The first kappa shape index (κ1) is 16.6. The minimum absolute atomic E-state index is 0.103. The number of hydrogen-bond acceptors (Lipinski definition) is 4. The molecule has 0 aliphatic heterocycles. The molecule has 1 aliphatic carbocycles. The molecule has 1 aromatic carbocycles. The van der Waals surface area contributed by atoms with Gasteiger partial charge in [-0.3, -0.25) is 0 Å². The highest BCUT2D eigenvalue weighted by molar-refractivity contribution is 8.13. The second kappa shape index (κ2) is 6.99. The van der Waals surface area contributed by atoms with Gasteiger partial charge in [0.05, 0.1) is 10.5 Å². The quantitative estimate of drug-likeness (QED) is 0.466. The summed E-state index contributed by atoms with van der Waals surface area (Å²) in [7, 11) is 1.34. The predicted molar refractivity (Wildman–Crippen MR) is 81.4 cm³/mol. The van der Waals surface area contributed by atoms with Crippen LogP contribution >= 0.6 is 22.3 Å². The van der Waals surface area contributed by atoms with E-state index in [1.165, 1.54) is 18.2 Å². The molecule has 1 fully saturated rings. The van der Waals surface area contributed by atoms with Crippen molar-refractivity contribution in [2.75, 3.05) is 0 Å². The summed E-state index contributed by atoms with van der Waals surface area (Å²) in [4.78, 5) is 11.9. The van der Waals surface area contributed by atoms with Crippen LogP contribution in [0, 0.1) is 0 Å². The van der Waals surface area contributed by atoms with E-state index in [-0.39, 0.29) is 21.6 Å². The Labute approximate surface area is 133 Å². The summed E-state index contributed by atoms with van der Waals surface area (Å²) in [5.74, 6) is -0.564. The predicted octanol–water partition coefficient (Wildman–Crippen LogP) is 4.15. The normalized spacial score (nSPS) is 17.2. The van der Waals surface area contributed by atoms with E-state index in [4.69, 9.17) is 27.0 Å². The van der Waals surface area contributed by atoms with Crippen LogP contribution in [0.15, 0.2) is 23.1 Å². The van der Waals surface area contributed by atoms with Gasteiger partial charge < -0.3 is 4.74 Å². The van der Waals surface area contributed by atoms with Crippen LogP contribution in [0.25, 0.3) is 0 Å². The Kier molecular flexibility index (Phi) is 5.52. The van der Waals surface area contributed by atoms with E-state index in [0.29, 0.717) is 0 Å². The van der Waals surface area contributed by atoms with Crippen molar-refractivity contribution in [3.8, 4) is 0 Å². The highest BCUT2D eigenvalue weighted by atomic mass is 35.7. The van der Waals surface area contributed by atoms with E-state index in [1.54, 1.807) is 0 Å². The molecule has 0 spiro atoms. The third kappa shape index (κ3) is 4.87. The first-order valence-electron chi connectivity index (χ1n) is 6.82. The summed E-state index contributed by atoms with van der Waals surface area (Å²) in [6.45, 7) is 0. The molecule has 21 heavy (non-hydrogen) atoms. The third-order valence-electron chi connectivity index (χ3n) is 3.46. The zero-order valence-electron chi connectivity index (χ0n) is 11.3. The molecule has 116 valence electrons. The zero-order valence-corrected chi connectivity index (χ0v) is 13.7. The van der Waals surface area contributed by atoms with Gasteiger partial charge in [-0.15, -0.1) is 0 Å². The lowest BCUT2D eigenvalue weighted by molar-refractivity contribution is 0.0267. The van der Waals surface area contributed by atoms with Gasteiger partial charge in [-0.25, -0.2) is 13.2 Å². The molecule has 2 rings (SSSR count). The molecule has 0 amide bonds.